The highest BCUT2D eigenvalue weighted by molar-refractivity contribution is 5.73. The third-order valence-corrected chi connectivity index (χ3v) is 3.12. The van der Waals surface area contributed by atoms with E-state index < -0.39 is 0 Å². The van der Waals surface area contributed by atoms with E-state index in [-0.39, 0.29) is 6.03 Å². The maximum Gasteiger partial charge on any atom is 0.317 e. The molecule has 0 aromatic carbocycles. The molecule has 0 bridgehead atoms. The minimum atomic E-state index is -0.0686. The standard InChI is InChI=1S/C12H19N5O/c1-17(8-11-14-9-15-16-11)12(18)13-7-10-5-3-2-4-6-10/h2-3,9-10H,4-8H2,1H3,(H,13,18)(H,14,15,16). The number of allylic oxidation sites excluding steroid dienone is 2. The van der Waals surface area contributed by atoms with Crippen molar-refractivity contribution in [2.45, 2.75) is 25.8 Å². The summed E-state index contributed by atoms with van der Waals surface area (Å²) in [6, 6.07) is -0.0686. The first-order valence-corrected chi connectivity index (χ1v) is 6.24. The van der Waals surface area contributed by atoms with Gasteiger partial charge < -0.3 is 10.2 Å². The summed E-state index contributed by atoms with van der Waals surface area (Å²) in [4.78, 5) is 17.4. The molecule has 1 aromatic rings. The highest BCUT2D eigenvalue weighted by atomic mass is 16.2. The van der Waals surface area contributed by atoms with Gasteiger partial charge in [0.25, 0.3) is 0 Å². The van der Waals surface area contributed by atoms with Crippen molar-refractivity contribution in [3.8, 4) is 0 Å². The molecule has 0 saturated carbocycles. The Morgan fingerprint density at radius 3 is 3.17 bits per heavy atom. The third kappa shape index (κ3) is 3.58. The van der Waals surface area contributed by atoms with E-state index in [2.05, 4.69) is 32.7 Å². The highest BCUT2D eigenvalue weighted by Crippen LogP contribution is 2.16. The van der Waals surface area contributed by atoms with Gasteiger partial charge in [-0.25, -0.2) is 9.78 Å². The summed E-state index contributed by atoms with van der Waals surface area (Å²) in [6.07, 6.45) is 9.17. The Bertz CT molecular complexity index is 401. The zero-order valence-electron chi connectivity index (χ0n) is 10.6. The monoisotopic (exact) mass is 249 g/mol. The zero-order valence-corrected chi connectivity index (χ0v) is 10.6. The van der Waals surface area contributed by atoms with Crippen LogP contribution in [0.1, 0.15) is 25.1 Å². The number of nitrogens with zero attached hydrogens (tertiary/aromatic N) is 3. The fraction of sp³-hybridized carbons (Fsp3) is 0.583. The van der Waals surface area contributed by atoms with Crippen LogP contribution in [0.25, 0.3) is 0 Å². The summed E-state index contributed by atoms with van der Waals surface area (Å²) in [6.45, 7) is 1.18. The van der Waals surface area contributed by atoms with E-state index in [1.807, 2.05) is 0 Å². The highest BCUT2D eigenvalue weighted by Gasteiger charge is 2.14. The summed E-state index contributed by atoms with van der Waals surface area (Å²) in [5.74, 6) is 1.26. The Hall–Kier alpha value is -1.85. The van der Waals surface area contributed by atoms with Gasteiger partial charge >= 0.3 is 6.03 Å². The number of carbonyl (C=O) groups is 1. The number of carbonyl (C=O) groups excluding carboxylic acids is 1. The van der Waals surface area contributed by atoms with E-state index in [0.29, 0.717) is 18.3 Å². The van der Waals surface area contributed by atoms with Gasteiger partial charge in [0.05, 0.1) is 6.54 Å². The predicted molar refractivity (Wildman–Crippen MR) is 67.7 cm³/mol. The van der Waals surface area contributed by atoms with E-state index >= 15 is 0 Å². The Labute approximate surface area is 106 Å². The van der Waals surface area contributed by atoms with Crippen LogP contribution in [0.5, 0.6) is 0 Å². The van der Waals surface area contributed by atoms with E-state index in [1.54, 1.807) is 11.9 Å². The number of urea groups is 1. The van der Waals surface area contributed by atoms with Crippen molar-refractivity contribution >= 4 is 6.03 Å². The summed E-state index contributed by atoms with van der Waals surface area (Å²) in [5.41, 5.74) is 0. The average molecular weight is 249 g/mol. The smallest absolute Gasteiger partial charge is 0.317 e. The lowest BCUT2D eigenvalue weighted by atomic mass is 9.94. The number of nitrogens with one attached hydrogen (secondary N) is 2. The first-order chi connectivity index (χ1) is 8.75. The molecule has 0 fully saturated rings. The number of hydrogen-bond donors (Lipinski definition) is 2. The largest absolute Gasteiger partial charge is 0.338 e. The van der Waals surface area contributed by atoms with Gasteiger partial charge in [0, 0.05) is 13.6 Å². The van der Waals surface area contributed by atoms with Crippen LogP contribution in [0.3, 0.4) is 0 Å². The topological polar surface area (TPSA) is 73.9 Å². The Morgan fingerprint density at radius 1 is 1.61 bits per heavy atom. The van der Waals surface area contributed by atoms with E-state index in [4.69, 9.17) is 0 Å². The van der Waals surface area contributed by atoms with E-state index in [9.17, 15) is 4.79 Å². The van der Waals surface area contributed by atoms with Crippen molar-refractivity contribution in [3.05, 3.63) is 24.3 Å². The molecule has 1 atom stereocenters. The molecule has 0 aliphatic heterocycles. The SMILES string of the molecule is CN(Cc1ncn[nH]1)C(=O)NCC1CC=CCC1. The minimum Gasteiger partial charge on any atom is -0.338 e. The molecule has 2 amide bonds. The lowest BCUT2D eigenvalue weighted by molar-refractivity contribution is 0.203. The molecule has 0 spiro atoms. The number of aromatic amines is 1. The molecule has 98 valence electrons. The molecular formula is C12H19N5O. The Kier molecular flexibility index (Phi) is 4.33. The van der Waals surface area contributed by atoms with Crippen molar-refractivity contribution < 1.29 is 4.79 Å². The lowest BCUT2D eigenvalue weighted by Crippen LogP contribution is -2.39. The number of aromatic nitrogens is 3. The number of rotatable bonds is 4. The van der Waals surface area contributed by atoms with Crippen LogP contribution >= 0.6 is 0 Å². The van der Waals surface area contributed by atoms with Crippen LogP contribution in [-0.2, 0) is 6.54 Å². The molecule has 0 radical (unpaired) electrons. The normalized spacial score (nSPS) is 18.6. The molecule has 1 aromatic heterocycles. The van der Waals surface area contributed by atoms with E-state index in [0.717, 1.165) is 25.8 Å². The molecule has 6 nitrogen and oxygen atoms in total. The zero-order chi connectivity index (χ0) is 12.8. The maximum atomic E-state index is 11.8. The second-order valence-corrected chi connectivity index (χ2v) is 4.62. The van der Waals surface area contributed by atoms with Gasteiger partial charge in [0.2, 0.25) is 0 Å². The van der Waals surface area contributed by atoms with Gasteiger partial charge in [0.15, 0.2) is 0 Å². The average Bonchev–Trinajstić information content (AvgIpc) is 2.90. The van der Waals surface area contributed by atoms with Crippen molar-refractivity contribution in [1.29, 1.82) is 0 Å². The predicted octanol–water partition coefficient (Wildman–Crippen LogP) is 1.30. The summed E-state index contributed by atoms with van der Waals surface area (Å²) < 4.78 is 0. The second-order valence-electron chi connectivity index (χ2n) is 4.62. The quantitative estimate of drug-likeness (QED) is 0.790. The van der Waals surface area contributed by atoms with Gasteiger partial charge in [0.1, 0.15) is 12.2 Å². The summed E-state index contributed by atoms with van der Waals surface area (Å²) in [5, 5.41) is 9.44. The third-order valence-electron chi connectivity index (χ3n) is 3.12. The molecule has 18 heavy (non-hydrogen) atoms. The van der Waals surface area contributed by atoms with Gasteiger partial charge in [-0.1, -0.05) is 12.2 Å². The number of H-pyrrole nitrogens is 1. The second kappa shape index (κ2) is 6.18. The fourth-order valence-corrected chi connectivity index (χ4v) is 2.01. The number of hydrogen-bond acceptors (Lipinski definition) is 3. The van der Waals surface area contributed by atoms with Crippen molar-refractivity contribution in [2.24, 2.45) is 5.92 Å². The Balaban J connectivity index is 1.72. The molecular weight excluding hydrogens is 230 g/mol. The van der Waals surface area contributed by atoms with Crippen LogP contribution in [0.15, 0.2) is 18.5 Å². The van der Waals surface area contributed by atoms with Crippen molar-refractivity contribution in [2.75, 3.05) is 13.6 Å². The van der Waals surface area contributed by atoms with Gasteiger partial charge in [-0.05, 0) is 25.2 Å². The van der Waals surface area contributed by atoms with Gasteiger partial charge in [-0.3, -0.25) is 5.10 Å². The van der Waals surface area contributed by atoms with Crippen LogP contribution in [-0.4, -0.2) is 39.7 Å². The molecule has 1 heterocycles. The van der Waals surface area contributed by atoms with Gasteiger partial charge in [-0.15, -0.1) is 0 Å². The summed E-state index contributed by atoms with van der Waals surface area (Å²) >= 11 is 0. The van der Waals surface area contributed by atoms with Crippen LogP contribution in [0.2, 0.25) is 0 Å². The maximum absolute atomic E-state index is 11.8. The molecule has 1 unspecified atom stereocenters. The molecule has 2 N–H and O–H groups in total. The molecule has 1 aliphatic rings. The van der Waals surface area contributed by atoms with Gasteiger partial charge in [-0.2, -0.15) is 5.10 Å². The van der Waals surface area contributed by atoms with E-state index in [1.165, 1.54) is 6.33 Å². The molecule has 2 rings (SSSR count). The van der Waals surface area contributed by atoms with Crippen LogP contribution in [0, 0.1) is 5.92 Å². The Morgan fingerprint density at radius 2 is 2.50 bits per heavy atom. The molecule has 0 saturated heterocycles. The van der Waals surface area contributed by atoms with Crippen molar-refractivity contribution in [3.63, 3.8) is 0 Å². The summed E-state index contributed by atoms with van der Waals surface area (Å²) in [7, 11) is 1.75. The first-order valence-electron chi connectivity index (χ1n) is 6.24. The van der Waals surface area contributed by atoms with Crippen LogP contribution < -0.4 is 5.32 Å². The number of amides is 2. The lowest BCUT2D eigenvalue weighted by Gasteiger charge is -2.21. The first kappa shape index (κ1) is 12.6. The molecule has 6 heteroatoms. The fourth-order valence-electron chi connectivity index (χ4n) is 2.01. The molecule has 1 aliphatic carbocycles. The van der Waals surface area contributed by atoms with Crippen molar-refractivity contribution in [1.82, 2.24) is 25.4 Å². The minimum absolute atomic E-state index is 0.0686. The van der Waals surface area contributed by atoms with Crippen LogP contribution in [0.4, 0.5) is 4.79 Å².